The van der Waals surface area contributed by atoms with Crippen molar-refractivity contribution in [3.8, 4) is 11.8 Å². The normalized spacial score (nSPS) is 22.6. The van der Waals surface area contributed by atoms with Crippen molar-refractivity contribution < 1.29 is 9.53 Å². The number of hydrogen-bond acceptors (Lipinski definition) is 5. The van der Waals surface area contributed by atoms with E-state index in [1.165, 1.54) is 5.56 Å². The number of likely N-dealkylation sites (tertiary alicyclic amines) is 1. The maximum Gasteiger partial charge on any atom is 0.222 e. The van der Waals surface area contributed by atoms with Gasteiger partial charge >= 0.3 is 0 Å². The number of carbonyl (C=O) groups excluding carboxylic acids is 1. The van der Waals surface area contributed by atoms with Gasteiger partial charge in [0.1, 0.15) is 17.6 Å². The van der Waals surface area contributed by atoms with Crippen LogP contribution in [0.3, 0.4) is 0 Å². The summed E-state index contributed by atoms with van der Waals surface area (Å²) in [5, 5.41) is 9.01. The Morgan fingerprint density at radius 2 is 2.17 bits per heavy atom. The minimum absolute atomic E-state index is 0.245. The molecule has 2 bridgehead atoms. The molecule has 1 aromatic heterocycles. The zero-order valence-corrected chi connectivity index (χ0v) is 17.6. The van der Waals surface area contributed by atoms with E-state index in [1.807, 2.05) is 35.2 Å². The minimum atomic E-state index is 0.245. The number of benzene rings is 1. The molecule has 6 heteroatoms. The molecule has 0 spiro atoms. The second kappa shape index (κ2) is 8.74. The molecule has 156 valence electrons. The van der Waals surface area contributed by atoms with E-state index >= 15 is 0 Å². The molecule has 2 unspecified atom stereocenters. The van der Waals surface area contributed by atoms with Crippen LogP contribution in [0, 0.1) is 17.2 Å². The average molecular weight is 405 g/mol. The summed E-state index contributed by atoms with van der Waals surface area (Å²) in [6.07, 6.45) is 4.99. The van der Waals surface area contributed by atoms with Crippen LogP contribution in [0.4, 0.5) is 5.82 Å². The molecule has 0 N–H and O–H groups in total. The van der Waals surface area contributed by atoms with Crippen LogP contribution in [0.25, 0.3) is 0 Å². The number of carbonyl (C=O) groups is 1. The number of piperazine rings is 1. The second-order valence-corrected chi connectivity index (χ2v) is 8.36. The van der Waals surface area contributed by atoms with Crippen LogP contribution in [0.2, 0.25) is 0 Å². The summed E-state index contributed by atoms with van der Waals surface area (Å²) in [5.74, 6) is 2.53. The zero-order valence-electron chi connectivity index (χ0n) is 17.6. The van der Waals surface area contributed by atoms with Crippen LogP contribution in [0.1, 0.15) is 37.3 Å². The summed E-state index contributed by atoms with van der Waals surface area (Å²) in [6.45, 7) is 3.76. The van der Waals surface area contributed by atoms with Crippen molar-refractivity contribution in [2.45, 2.75) is 44.7 Å². The molecule has 4 rings (SSSR count). The smallest absolute Gasteiger partial charge is 0.222 e. The lowest BCUT2D eigenvalue weighted by atomic mass is 10.0. The van der Waals surface area contributed by atoms with Gasteiger partial charge in [-0.3, -0.25) is 4.79 Å². The molecule has 30 heavy (non-hydrogen) atoms. The van der Waals surface area contributed by atoms with Crippen molar-refractivity contribution in [2.75, 3.05) is 25.1 Å². The maximum atomic E-state index is 12.9. The summed E-state index contributed by atoms with van der Waals surface area (Å²) >= 11 is 0. The first-order valence-corrected chi connectivity index (χ1v) is 10.6. The number of nitriles is 1. The van der Waals surface area contributed by atoms with Crippen molar-refractivity contribution in [3.05, 3.63) is 53.7 Å². The lowest BCUT2D eigenvalue weighted by molar-refractivity contribution is -0.132. The lowest BCUT2D eigenvalue weighted by Crippen LogP contribution is -2.56. The first kappa shape index (κ1) is 20.2. The van der Waals surface area contributed by atoms with Gasteiger partial charge in [0, 0.05) is 31.7 Å². The fourth-order valence-electron chi connectivity index (χ4n) is 4.83. The Balaban J connectivity index is 1.35. The van der Waals surface area contributed by atoms with Crippen molar-refractivity contribution in [2.24, 2.45) is 5.92 Å². The molecule has 1 aromatic carbocycles. The van der Waals surface area contributed by atoms with E-state index < -0.39 is 0 Å². The van der Waals surface area contributed by atoms with Crippen molar-refractivity contribution >= 4 is 11.7 Å². The largest absolute Gasteiger partial charge is 0.497 e. The van der Waals surface area contributed by atoms with Gasteiger partial charge in [0.05, 0.1) is 18.7 Å². The summed E-state index contributed by atoms with van der Waals surface area (Å²) in [7, 11) is 1.67. The monoisotopic (exact) mass is 404 g/mol. The van der Waals surface area contributed by atoms with Crippen LogP contribution in [-0.4, -0.2) is 48.1 Å². The van der Waals surface area contributed by atoms with Crippen molar-refractivity contribution in [1.29, 1.82) is 5.26 Å². The van der Waals surface area contributed by atoms with Crippen LogP contribution in [-0.2, 0) is 11.2 Å². The van der Waals surface area contributed by atoms with Gasteiger partial charge < -0.3 is 14.5 Å². The van der Waals surface area contributed by atoms with Gasteiger partial charge in [0.15, 0.2) is 0 Å². The molecule has 1 amide bonds. The third kappa shape index (κ3) is 4.11. The van der Waals surface area contributed by atoms with E-state index in [2.05, 4.69) is 28.9 Å². The van der Waals surface area contributed by atoms with Crippen LogP contribution in [0.5, 0.6) is 5.75 Å². The SMILES string of the molecule is COc1cccc(CCCC(=O)N2CC3C[C@H](C)C(C2)N3c2ccc(C#N)cn2)c1. The number of aromatic nitrogens is 1. The Kier molecular flexibility index (Phi) is 5.89. The number of rotatable bonds is 6. The molecule has 0 aliphatic carbocycles. The molecule has 0 radical (unpaired) electrons. The van der Waals surface area contributed by atoms with Crippen LogP contribution in [0.15, 0.2) is 42.6 Å². The summed E-state index contributed by atoms with van der Waals surface area (Å²) in [5.41, 5.74) is 1.77. The van der Waals surface area contributed by atoms with E-state index in [0.29, 0.717) is 23.9 Å². The first-order valence-electron chi connectivity index (χ1n) is 10.6. The second-order valence-electron chi connectivity index (χ2n) is 8.36. The first-order chi connectivity index (χ1) is 14.6. The predicted octanol–water partition coefficient (Wildman–Crippen LogP) is 3.41. The average Bonchev–Trinajstić information content (AvgIpc) is 2.97. The highest BCUT2D eigenvalue weighted by molar-refractivity contribution is 5.77. The van der Waals surface area contributed by atoms with Gasteiger partial charge in [-0.25, -0.2) is 4.98 Å². The van der Waals surface area contributed by atoms with Gasteiger partial charge in [-0.2, -0.15) is 5.26 Å². The number of hydrogen-bond donors (Lipinski definition) is 0. The van der Waals surface area contributed by atoms with Gasteiger partial charge in [-0.05, 0) is 55.0 Å². The Morgan fingerprint density at radius 3 is 2.87 bits per heavy atom. The van der Waals surface area contributed by atoms with Gasteiger partial charge in [-0.15, -0.1) is 0 Å². The maximum absolute atomic E-state index is 12.9. The number of methoxy groups -OCH3 is 1. The number of nitrogens with zero attached hydrogens (tertiary/aromatic N) is 4. The molecule has 2 aliphatic rings. The fourth-order valence-corrected chi connectivity index (χ4v) is 4.83. The zero-order chi connectivity index (χ0) is 21.1. The number of anilines is 1. The molecule has 2 fully saturated rings. The van der Waals surface area contributed by atoms with E-state index in [9.17, 15) is 4.79 Å². The summed E-state index contributed by atoms with van der Waals surface area (Å²) < 4.78 is 5.28. The highest BCUT2D eigenvalue weighted by Gasteiger charge is 2.45. The number of amides is 1. The third-order valence-corrected chi connectivity index (χ3v) is 6.37. The van der Waals surface area contributed by atoms with Gasteiger partial charge in [0.2, 0.25) is 5.91 Å². The molecule has 2 aliphatic heterocycles. The summed E-state index contributed by atoms with van der Waals surface area (Å²) in [4.78, 5) is 21.8. The predicted molar refractivity (Wildman–Crippen MR) is 115 cm³/mol. The molecular weight excluding hydrogens is 376 g/mol. The van der Waals surface area contributed by atoms with Gasteiger partial charge in [-0.1, -0.05) is 19.1 Å². The van der Waals surface area contributed by atoms with Crippen LogP contribution >= 0.6 is 0 Å². The molecular formula is C24H28N4O2. The Morgan fingerprint density at radius 1 is 1.30 bits per heavy atom. The number of aryl methyl sites for hydroxylation is 1. The molecule has 3 heterocycles. The summed E-state index contributed by atoms with van der Waals surface area (Å²) in [6, 6.07) is 14.5. The van der Waals surface area contributed by atoms with Crippen LogP contribution < -0.4 is 9.64 Å². The third-order valence-electron chi connectivity index (χ3n) is 6.37. The van der Waals surface area contributed by atoms with E-state index in [1.54, 1.807) is 13.3 Å². The minimum Gasteiger partial charge on any atom is -0.497 e. The van der Waals surface area contributed by atoms with E-state index in [0.717, 1.165) is 43.9 Å². The van der Waals surface area contributed by atoms with Crippen molar-refractivity contribution in [1.82, 2.24) is 9.88 Å². The number of fused-ring (bicyclic) bond motifs is 2. The molecule has 2 saturated heterocycles. The fraction of sp³-hybridized carbons (Fsp3) is 0.458. The highest BCUT2D eigenvalue weighted by Crippen LogP contribution is 2.37. The molecule has 6 nitrogen and oxygen atoms in total. The van der Waals surface area contributed by atoms with Crippen molar-refractivity contribution in [3.63, 3.8) is 0 Å². The number of ether oxygens (including phenoxy) is 1. The standard InChI is InChI=1S/C24H28N4O2/c1-17-11-20-15-27(16-22(17)28(20)23-10-9-19(13-25)14-26-23)24(29)8-4-6-18-5-3-7-21(12-18)30-2/h3,5,7,9-10,12,14,17,20,22H,4,6,8,11,15-16H2,1-2H3/t17-,20?,22?/m0/s1. The molecule has 0 saturated carbocycles. The molecule has 2 aromatic rings. The highest BCUT2D eigenvalue weighted by atomic mass is 16.5. The Bertz CT molecular complexity index is 937. The van der Waals surface area contributed by atoms with Gasteiger partial charge in [0.25, 0.3) is 0 Å². The van der Waals surface area contributed by atoms with E-state index in [-0.39, 0.29) is 11.9 Å². The molecule has 3 atom stereocenters. The topological polar surface area (TPSA) is 69.5 Å². The Labute approximate surface area is 178 Å². The quantitative estimate of drug-likeness (QED) is 0.738. The Hall–Kier alpha value is -3.07. The number of pyridine rings is 1. The lowest BCUT2D eigenvalue weighted by Gasteiger charge is -2.42. The van der Waals surface area contributed by atoms with E-state index in [4.69, 9.17) is 10.00 Å².